The van der Waals surface area contributed by atoms with Crippen molar-refractivity contribution in [3.63, 3.8) is 0 Å². The molecule has 0 bridgehead atoms. The van der Waals surface area contributed by atoms with E-state index in [2.05, 4.69) is 16.0 Å². The van der Waals surface area contributed by atoms with Gasteiger partial charge in [0.15, 0.2) is 0 Å². The first-order valence-corrected chi connectivity index (χ1v) is 9.76. The van der Waals surface area contributed by atoms with Gasteiger partial charge in [-0.1, -0.05) is 35.9 Å². The Morgan fingerprint density at radius 3 is 2.67 bits per heavy atom. The summed E-state index contributed by atoms with van der Waals surface area (Å²) in [4.78, 5) is 13.8. The van der Waals surface area contributed by atoms with E-state index in [1.807, 2.05) is 48.5 Å². The second kappa shape index (κ2) is 7.84. The SMILES string of the molecule is [F][Pt+].[c-]1cc2c(cc1-c1cccc3oc(-c4cnc5ccccc5n4)nc13)OCO2. The Hall–Kier alpha value is -3.31. The molecule has 0 saturated heterocycles. The van der Waals surface area contributed by atoms with E-state index in [4.69, 9.17) is 18.9 Å². The number of fused-ring (bicyclic) bond motifs is 3. The first kappa shape index (κ1) is 18.7. The molecule has 0 atom stereocenters. The van der Waals surface area contributed by atoms with Crippen LogP contribution in [0.5, 0.6) is 11.5 Å². The molecule has 150 valence electrons. The van der Waals surface area contributed by atoms with Gasteiger partial charge in [-0.25, -0.2) is 9.97 Å². The van der Waals surface area contributed by atoms with E-state index in [9.17, 15) is 3.16 Å². The van der Waals surface area contributed by atoms with Crippen molar-refractivity contribution in [3.8, 4) is 34.2 Å². The molecule has 0 radical (unpaired) electrons. The van der Waals surface area contributed by atoms with E-state index < -0.39 is 0 Å². The maximum absolute atomic E-state index is 9.47. The molecule has 6 rings (SSSR count). The number of aromatic nitrogens is 3. The predicted molar refractivity (Wildman–Crippen MR) is 104 cm³/mol. The minimum absolute atomic E-state index is 0.228. The number of oxazole rings is 1. The molecular formula is C22H12FN3O3Pt. The largest absolute Gasteiger partial charge is 0.500 e. The zero-order valence-corrected chi connectivity index (χ0v) is 17.5. The first-order chi connectivity index (χ1) is 14.8. The van der Waals surface area contributed by atoms with Crippen molar-refractivity contribution in [1.29, 1.82) is 0 Å². The van der Waals surface area contributed by atoms with Crippen molar-refractivity contribution < 1.29 is 37.4 Å². The van der Waals surface area contributed by atoms with Crippen molar-refractivity contribution >= 4 is 22.1 Å². The second-order valence-corrected chi connectivity index (χ2v) is 6.40. The summed E-state index contributed by atoms with van der Waals surface area (Å²) in [7, 11) is 0. The zero-order chi connectivity index (χ0) is 20.5. The molecule has 0 unspecified atom stereocenters. The third-order valence-corrected chi connectivity index (χ3v) is 4.68. The summed E-state index contributed by atoms with van der Waals surface area (Å²) in [6, 6.07) is 20.4. The fourth-order valence-corrected chi connectivity index (χ4v) is 3.33. The summed E-state index contributed by atoms with van der Waals surface area (Å²) in [5.74, 6) is 1.83. The summed E-state index contributed by atoms with van der Waals surface area (Å²) in [6.07, 6.45) is 1.68. The maximum Gasteiger partial charge on any atom is 0.247 e. The van der Waals surface area contributed by atoms with E-state index in [1.165, 1.54) is 0 Å². The molecule has 0 N–H and O–H groups in total. The second-order valence-electron chi connectivity index (χ2n) is 6.40. The molecule has 2 aromatic heterocycles. The van der Waals surface area contributed by atoms with Crippen molar-refractivity contribution in [2.45, 2.75) is 0 Å². The quantitative estimate of drug-likeness (QED) is 0.272. The molecule has 0 spiro atoms. The summed E-state index contributed by atoms with van der Waals surface area (Å²) in [5.41, 5.74) is 5.40. The van der Waals surface area contributed by atoms with Gasteiger partial charge < -0.3 is 13.9 Å². The van der Waals surface area contributed by atoms with Gasteiger partial charge in [-0.2, -0.15) is 0 Å². The van der Waals surface area contributed by atoms with Crippen LogP contribution in [0.15, 0.2) is 65.2 Å². The van der Waals surface area contributed by atoms with Gasteiger partial charge in [0.25, 0.3) is 0 Å². The zero-order valence-electron chi connectivity index (χ0n) is 15.2. The standard InChI is InChI=1S/C22H12N3O3.FH.Pt/c1-2-6-16-15(5-1)23-11-17(24-16)22-25-21-14(4-3-7-19(21)28-22)13-8-9-18-20(10-13)27-12-26-18;;/h1-7,9-11H,12H2;1H;/q-1;;+2/p-1. The Labute approximate surface area is 182 Å². The molecule has 0 aliphatic carbocycles. The van der Waals surface area contributed by atoms with E-state index in [1.54, 1.807) is 12.3 Å². The van der Waals surface area contributed by atoms with Crippen LogP contribution in [-0.4, -0.2) is 21.7 Å². The van der Waals surface area contributed by atoms with E-state index >= 15 is 0 Å². The average Bonchev–Trinajstić information content (AvgIpc) is 3.46. The molecule has 0 amide bonds. The third kappa shape index (κ3) is 3.21. The number of ether oxygens (including phenoxy) is 2. The summed E-state index contributed by atoms with van der Waals surface area (Å²) in [5, 5.41) is 0. The Balaban J connectivity index is 0.000000937. The summed E-state index contributed by atoms with van der Waals surface area (Å²) >= 11 is 0.639. The topological polar surface area (TPSA) is 70.3 Å². The van der Waals surface area contributed by atoms with Gasteiger partial charge in [-0.15, -0.1) is 17.7 Å². The number of hydrogen-bond acceptors (Lipinski definition) is 6. The van der Waals surface area contributed by atoms with Crippen LogP contribution in [0.1, 0.15) is 0 Å². The minimum Gasteiger partial charge on any atom is -0.500 e. The molecular weight excluding hydrogens is 568 g/mol. The Morgan fingerprint density at radius 1 is 0.933 bits per heavy atom. The molecule has 6 nitrogen and oxygen atoms in total. The Morgan fingerprint density at radius 2 is 1.77 bits per heavy atom. The van der Waals surface area contributed by atoms with Crippen molar-refractivity contribution in [3.05, 3.63) is 66.9 Å². The fraction of sp³-hybridized carbons (Fsp3) is 0.0455. The molecule has 3 heterocycles. The van der Waals surface area contributed by atoms with Gasteiger partial charge in [0, 0.05) is 0 Å². The molecule has 0 saturated carbocycles. The van der Waals surface area contributed by atoms with Crippen molar-refractivity contribution in [1.82, 2.24) is 15.0 Å². The van der Waals surface area contributed by atoms with Crippen LogP contribution in [0.2, 0.25) is 0 Å². The molecule has 0 fully saturated rings. The van der Waals surface area contributed by atoms with Crippen molar-refractivity contribution in [2.75, 3.05) is 6.79 Å². The molecule has 5 aromatic rings. The first-order valence-electron chi connectivity index (χ1n) is 8.90. The molecule has 30 heavy (non-hydrogen) atoms. The molecule has 1 aliphatic heterocycles. The van der Waals surface area contributed by atoms with E-state index in [0.717, 1.165) is 27.7 Å². The number of hydrogen-bond donors (Lipinski definition) is 0. The van der Waals surface area contributed by atoms with Gasteiger partial charge >= 0.3 is 23.5 Å². The average molecular weight is 580 g/mol. The maximum atomic E-state index is 9.47. The number of rotatable bonds is 2. The minimum atomic E-state index is 0.228. The van der Waals surface area contributed by atoms with Crippen LogP contribution in [0.3, 0.4) is 0 Å². The van der Waals surface area contributed by atoms with Gasteiger partial charge in [0.1, 0.15) is 11.3 Å². The molecule has 3 aromatic carbocycles. The molecule has 8 heteroatoms. The van der Waals surface area contributed by atoms with Gasteiger partial charge in [0.05, 0.1) is 34.2 Å². The van der Waals surface area contributed by atoms with Crippen LogP contribution in [0.4, 0.5) is 3.16 Å². The Bertz CT molecular complexity index is 1370. The number of halogens is 1. The number of para-hydroxylation sites is 3. The summed E-state index contributed by atoms with van der Waals surface area (Å²) < 4.78 is 26.3. The predicted octanol–water partition coefficient (Wildman–Crippen LogP) is 5.05. The van der Waals surface area contributed by atoms with E-state index in [0.29, 0.717) is 49.0 Å². The fourth-order valence-electron chi connectivity index (χ4n) is 3.33. The van der Waals surface area contributed by atoms with Crippen molar-refractivity contribution in [2.24, 2.45) is 0 Å². The Kier molecular flexibility index (Phi) is 4.89. The van der Waals surface area contributed by atoms with E-state index in [-0.39, 0.29) is 6.79 Å². The smallest absolute Gasteiger partial charge is 0.247 e. The van der Waals surface area contributed by atoms with Crippen LogP contribution in [0, 0.1) is 6.07 Å². The summed E-state index contributed by atoms with van der Waals surface area (Å²) in [6.45, 7) is 0.228. The number of benzene rings is 3. The molecule has 1 aliphatic rings. The van der Waals surface area contributed by atoms with Gasteiger partial charge in [-0.05, 0) is 18.2 Å². The third-order valence-electron chi connectivity index (χ3n) is 4.68. The van der Waals surface area contributed by atoms with Gasteiger partial charge in [0.2, 0.25) is 12.7 Å². The normalized spacial score (nSPS) is 12.1. The van der Waals surface area contributed by atoms with Gasteiger partial charge in [-0.3, -0.25) is 4.98 Å². The van der Waals surface area contributed by atoms with Crippen LogP contribution in [0.25, 0.3) is 44.8 Å². The van der Waals surface area contributed by atoms with Crippen LogP contribution < -0.4 is 9.47 Å². The monoisotopic (exact) mass is 580 g/mol. The number of nitrogens with zero attached hydrogens (tertiary/aromatic N) is 3. The van der Waals surface area contributed by atoms with Crippen LogP contribution in [-0.2, 0) is 20.3 Å². The van der Waals surface area contributed by atoms with Crippen LogP contribution >= 0.6 is 0 Å².